The smallest absolute Gasteiger partial charge is 0.271 e. The Kier molecular flexibility index (Phi) is 5.08. The van der Waals surface area contributed by atoms with Crippen LogP contribution in [0.3, 0.4) is 0 Å². The number of piperazine rings is 1. The Hall–Kier alpha value is -2.18. The highest BCUT2D eigenvalue weighted by molar-refractivity contribution is 5.92. The zero-order chi connectivity index (χ0) is 15.2. The summed E-state index contributed by atoms with van der Waals surface area (Å²) in [4.78, 5) is 34.9. The molecule has 0 aliphatic carbocycles. The predicted molar refractivity (Wildman–Crippen MR) is 79.1 cm³/mol. The van der Waals surface area contributed by atoms with Gasteiger partial charge in [0.05, 0.1) is 12.4 Å². The van der Waals surface area contributed by atoms with Gasteiger partial charge in [-0.15, -0.1) is 0 Å². The lowest BCUT2D eigenvalue weighted by molar-refractivity contribution is -0.118. The van der Waals surface area contributed by atoms with Crippen LogP contribution in [-0.2, 0) is 4.79 Å². The topological polar surface area (TPSA) is 78.4 Å². The van der Waals surface area contributed by atoms with E-state index in [2.05, 4.69) is 20.2 Å². The summed E-state index contributed by atoms with van der Waals surface area (Å²) in [6.45, 7) is 6.78. The molecule has 1 aliphatic heterocycles. The largest absolute Gasteiger partial charge is 0.352 e. The van der Waals surface area contributed by atoms with E-state index in [4.69, 9.17) is 0 Å². The molecule has 1 aliphatic rings. The van der Waals surface area contributed by atoms with Crippen molar-refractivity contribution in [3.63, 3.8) is 0 Å². The standard InChI is InChI=1S/C14H21N5O2/c1-3-11(2)17-14(21)12-8-16-13(9-15-12)19-6-4-18(10-20)5-7-19/h8-11H,3-7H2,1-2H3,(H,17,21). The van der Waals surface area contributed by atoms with Gasteiger partial charge < -0.3 is 15.1 Å². The maximum absolute atomic E-state index is 11.9. The van der Waals surface area contributed by atoms with Gasteiger partial charge in [0.2, 0.25) is 6.41 Å². The normalized spacial score (nSPS) is 16.5. The molecule has 114 valence electrons. The molecule has 1 aromatic rings. The SMILES string of the molecule is CCC(C)NC(=O)c1cnc(N2CCN(C=O)CC2)cn1. The summed E-state index contributed by atoms with van der Waals surface area (Å²) in [7, 11) is 0. The molecule has 2 amide bonds. The number of aromatic nitrogens is 2. The van der Waals surface area contributed by atoms with Crippen LogP contribution in [0.15, 0.2) is 12.4 Å². The molecule has 1 unspecified atom stereocenters. The molecule has 2 rings (SSSR count). The van der Waals surface area contributed by atoms with Gasteiger partial charge in [-0.1, -0.05) is 6.92 Å². The summed E-state index contributed by atoms with van der Waals surface area (Å²) < 4.78 is 0. The summed E-state index contributed by atoms with van der Waals surface area (Å²) in [5.74, 6) is 0.537. The van der Waals surface area contributed by atoms with Crippen LogP contribution in [-0.4, -0.2) is 59.4 Å². The molecule has 1 N–H and O–H groups in total. The van der Waals surface area contributed by atoms with Crippen LogP contribution in [0.5, 0.6) is 0 Å². The van der Waals surface area contributed by atoms with Crippen molar-refractivity contribution in [3.8, 4) is 0 Å². The first-order valence-electron chi connectivity index (χ1n) is 7.21. The number of hydrogen-bond donors (Lipinski definition) is 1. The summed E-state index contributed by atoms with van der Waals surface area (Å²) in [5, 5.41) is 2.86. The monoisotopic (exact) mass is 291 g/mol. The third-order valence-electron chi connectivity index (χ3n) is 3.65. The van der Waals surface area contributed by atoms with Crippen molar-refractivity contribution in [1.29, 1.82) is 0 Å². The molecular weight excluding hydrogens is 270 g/mol. The Morgan fingerprint density at radius 2 is 2.05 bits per heavy atom. The highest BCUT2D eigenvalue weighted by Gasteiger charge is 2.17. The van der Waals surface area contributed by atoms with Crippen LogP contribution >= 0.6 is 0 Å². The Balaban J connectivity index is 1.96. The molecular formula is C14H21N5O2. The fourth-order valence-corrected chi connectivity index (χ4v) is 2.06. The second-order valence-electron chi connectivity index (χ2n) is 5.17. The summed E-state index contributed by atoms with van der Waals surface area (Å²) in [6.07, 6.45) is 4.85. The minimum Gasteiger partial charge on any atom is -0.352 e. The van der Waals surface area contributed by atoms with Crippen molar-refractivity contribution in [1.82, 2.24) is 20.2 Å². The first-order valence-corrected chi connectivity index (χ1v) is 7.21. The molecule has 0 bridgehead atoms. The summed E-state index contributed by atoms with van der Waals surface area (Å²) in [5.41, 5.74) is 0.325. The molecule has 1 aromatic heterocycles. The molecule has 1 atom stereocenters. The molecule has 0 saturated carbocycles. The van der Waals surface area contributed by atoms with E-state index < -0.39 is 0 Å². The first kappa shape index (κ1) is 15.2. The van der Waals surface area contributed by atoms with E-state index in [1.165, 1.54) is 6.20 Å². The van der Waals surface area contributed by atoms with Gasteiger partial charge in [0.25, 0.3) is 5.91 Å². The predicted octanol–water partition coefficient (Wildman–Crippen LogP) is 0.283. The van der Waals surface area contributed by atoms with Crippen LogP contribution in [0.25, 0.3) is 0 Å². The highest BCUT2D eigenvalue weighted by atomic mass is 16.2. The Morgan fingerprint density at radius 1 is 1.33 bits per heavy atom. The second kappa shape index (κ2) is 7.01. The molecule has 7 nitrogen and oxygen atoms in total. The lowest BCUT2D eigenvalue weighted by atomic mass is 10.2. The average Bonchev–Trinajstić information content (AvgIpc) is 2.55. The van der Waals surface area contributed by atoms with Gasteiger partial charge in [-0.25, -0.2) is 9.97 Å². The van der Waals surface area contributed by atoms with Crippen LogP contribution in [0.1, 0.15) is 30.8 Å². The average molecular weight is 291 g/mol. The number of rotatable bonds is 5. The zero-order valence-corrected chi connectivity index (χ0v) is 12.5. The van der Waals surface area contributed by atoms with Gasteiger partial charge in [0.15, 0.2) is 0 Å². The first-order chi connectivity index (χ1) is 10.1. The number of carbonyl (C=O) groups excluding carboxylic acids is 2. The fourth-order valence-electron chi connectivity index (χ4n) is 2.06. The number of anilines is 1. The molecule has 1 fully saturated rings. The third kappa shape index (κ3) is 3.90. The maximum Gasteiger partial charge on any atom is 0.271 e. The lowest BCUT2D eigenvalue weighted by Gasteiger charge is -2.33. The Morgan fingerprint density at radius 3 is 2.57 bits per heavy atom. The molecule has 2 heterocycles. The fraction of sp³-hybridized carbons (Fsp3) is 0.571. The van der Waals surface area contributed by atoms with E-state index in [1.807, 2.05) is 13.8 Å². The number of hydrogen-bond acceptors (Lipinski definition) is 5. The van der Waals surface area contributed by atoms with Crippen LogP contribution < -0.4 is 10.2 Å². The number of amides is 2. The number of carbonyl (C=O) groups is 2. The summed E-state index contributed by atoms with van der Waals surface area (Å²) >= 11 is 0. The highest BCUT2D eigenvalue weighted by Crippen LogP contribution is 2.11. The third-order valence-corrected chi connectivity index (χ3v) is 3.65. The minimum atomic E-state index is -0.200. The van der Waals surface area contributed by atoms with Crippen molar-refractivity contribution in [2.24, 2.45) is 0 Å². The van der Waals surface area contributed by atoms with Crippen molar-refractivity contribution in [2.45, 2.75) is 26.3 Å². The van der Waals surface area contributed by atoms with Crippen molar-refractivity contribution >= 4 is 18.1 Å². The maximum atomic E-state index is 11.9. The molecule has 21 heavy (non-hydrogen) atoms. The van der Waals surface area contributed by atoms with E-state index >= 15 is 0 Å². The van der Waals surface area contributed by atoms with Crippen molar-refractivity contribution < 1.29 is 9.59 Å². The van der Waals surface area contributed by atoms with E-state index in [0.29, 0.717) is 18.8 Å². The van der Waals surface area contributed by atoms with Crippen LogP contribution in [0.2, 0.25) is 0 Å². The van der Waals surface area contributed by atoms with Gasteiger partial charge in [-0.2, -0.15) is 0 Å². The zero-order valence-electron chi connectivity index (χ0n) is 12.5. The van der Waals surface area contributed by atoms with E-state index in [0.717, 1.165) is 31.7 Å². The van der Waals surface area contributed by atoms with Crippen molar-refractivity contribution in [3.05, 3.63) is 18.1 Å². The molecule has 1 saturated heterocycles. The minimum absolute atomic E-state index is 0.121. The number of nitrogens with one attached hydrogen (secondary N) is 1. The number of nitrogens with zero attached hydrogens (tertiary/aromatic N) is 4. The quantitative estimate of drug-likeness (QED) is 0.789. The van der Waals surface area contributed by atoms with Gasteiger partial charge in [-0.3, -0.25) is 9.59 Å². The summed E-state index contributed by atoms with van der Waals surface area (Å²) in [6, 6.07) is 0.121. The second-order valence-corrected chi connectivity index (χ2v) is 5.17. The van der Waals surface area contributed by atoms with Gasteiger partial charge in [0.1, 0.15) is 11.5 Å². The molecule has 0 radical (unpaired) electrons. The molecule has 0 aromatic carbocycles. The van der Waals surface area contributed by atoms with E-state index in [9.17, 15) is 9.59 Å². The van der Waals surface area contributed by atoms with Crippen molar-refractivity contribution in [2.75, 3.05) is 31.1 Å². The lowest BCUT2D eigenvalue weighted by Crippen LogP contribution is -2.46. The van der Waals surface area contributed by atoms with Gasteiger partial charge in [-0.05, 0) is 13.3 Å². The Labute approximate surface area is 124 Å². The molecule has 7 heteroatoms. The van der Waals surface area contributed by atoms with E-state index in [-0.39, 0.29) is 11.9 Å². The van der Waals surface area contributed by atoms with Crippen LogP contribution in [0, 0.1) is 0 Å². The molecule has 0 spiro atoms. The van der Waals surface area contributed by atoms with Crippen LogP contribution in [0.4, 0.5) is 5.82 Å². The van der Waals surface area contributed by atoms with Gasteiger partial charge in [0, 0.05) is 32.2 Å². The van der Waals surface area contributed by atoms with Gasteiger partial charge >= 0.3 is 0 Å². The van der Waals surface area contributed by atoms with E-state index in [1.54, 1.807) is 11.1 Å². The Bertz CT molecular complexity index is 483.